The van der Waals surface area contributed by atoms with Crippen molar-refractivity contribution in [2.45, 2.75) is 16.7 Å². The van der Waals surface area contributed by atoms with Crippen LogP contribution in [0.5, 0.6) is 0 Å². The number of carbonyl (C=O) groups excluding carboxylic acids is 1. The van der Waals surface area contributed by atoms with E-state index in [2.05, 4.69) is 10.0 Å². The lowest BCUT2D eigenvalue weighted by molar-refractivity contribution is -0.131. The Balaban J connectivity index is 1.50. The molecule has 122 valence electrons. The first kappa shape index (κ1) is 16.3. The van der Waals surface area contributed by atoms with Crippen molar-refractivity contribution in [3.63, 3.8) is 0 Å². The van der Waals surface area contributed by atoms with Gasteiger partial charge in [-0.05, 0) is 23.8 Å². The molecule has 1 amide bonds. The standard InChI is InChI=1S/C13H19N3O3S3/c17-13(16-3-5-20-9-16)11-6-10(7-14-11)8-15-22(18,19)12-2-1-4-21-12/h1-2,4,10-11,14-15H,3,5-9H2/t10-,11-/m0/s1. The Morgan fingerprint density at radius 1 is 1.50 bits per heavy atom. The van der Waals surface area contributed by atoms with Crippen LogP contribution in [0.1, 0.15) is 6.42 Å². The molecular weight excluding hydrogens is 342 g/mol. The van der Waals surface area contributed by atoms with E-state index in [-0.39, 0.29) is 17.9 Å². The van der Waals surface area contributed by atoms with Crippen molar-refractivity contribution in [1.29, 1.82) is 0 Å². The lowest BCUT2D eigenvalue weighted by Crippen LogP contribution is -2.42. The highest BCUT2D eigenvalue weighted by atomic mass is 32.2. The van der Waals surface area contributed by atoms with Crippen molar-refractivity contribution in [3.8, 4) is 0 Å². The number of thiophene rings is 1. The van der Waals surface area contributed by atoms with Crippen LogP contribution in [-0.4, -0.2) is 56.5 Å². The summed E-state index contributed by atoms with van der Waals surface area (Å²) < 4.78 is 27.1. The summed E-state index contributed by atoms with van der Waals surface area (Å²) in [4.78, 5) is 14.2. The SMILES string of the molecule is O=C([C@@H]1C[C@H](CNS(=O)(=O)c2cccs2)CN1)N1CCSC1. The number of rotatable bonds is 5. The van der Waals surface area contributed by atoms with Crippen molar-refractivity contribution >= 4 is 39.0 Å². The number of hydrogen-bond donors (Lipinski definition) is 2. The molecule has 2 atom stereocenters. The third kappa shape index (κ3) is 3.65. The quantitative estimate of drug-likeness (QED) is 0.800. The topological polar surface area (TPSA) is 78.5 Å². The van der Waals surface area contributed by atoms with Gasteiger partial charge < -0.3 is 10.2 Å². The van der Waals surface area contributed by atoms with Crippen LogP contribution in [0.2, 0.25) is 0 Å². The van der Waals surface area contributed by atoms with Crippen molar-refractivity contribution in [2.75, 3.05) is 31.3 Å². The normalized spacial score (nSPS) is 25.7. The Kier molecular flexibility index (Phi) is 5.08. The molecule has 1 aromatic rings. The molecule has 0 radical (unpaired) electrons. The number of nitrogens with zero attached hydrogens (tertiary/aromatic N) is 1. The minimum atomic E-state index is -3.42. The second-order valence-corrected chi connectivity index (χ2v) is 9.50. The lowest BCUT2D eigenvalue weighted by atomic mass is 10.1. The monoisotopic (exact) mass is 361 g/mol. The van der Waals surface area contributed by atoms with Gasteiger partial charge in [-0.3, -0.25) is 4.79 Å². The molecule has 3 heterocycles. The fourth-order valence-electron chi connectivity index (χ4n) is 2.68. The molecule has 2 aliphatic heterocycles. The van der Waals surface area contributed by atoms with Gasteiger partial charge in [0.25, 0.3) is 0 Å². The van der Waals surface area contributed by atoms with Gasteiger partial charge in [0, 0.05) is 25.4 Å². The number of amides is 1. The average Bonchev–Trinajstić information content (AvgIpc) is 3.26. The summed E-state index contributed by atoms with van der Waals surface area (Å²) in [6.07, 6.45) is 0.687. The molecular formula is C13H19N3O3S3. The summed E-state index contributed by atoms with van der Waals surface area (Å²) in [6.45, 7) is 1.85. The van der Waals surface area contributed by atoms with Crippen molar-refractivity contribution < 1.29 is 13.2 Å². The predicted octanol–water partition coefficient (Wildman–Crippen LogP) is 0.537. The minimum Gasteiger partial charge on any atom is -0.331 e. The maximum absolute atomic E-state index is 12.3. The van der Waals surface area contributed by atoms with Crippen molar-refractivity contribution in [3.05, 3.63) is 17.5 Å². The van der Waals surface area contributed by atoms with E-state index in [4.69, 9.17) is 0 Å². The van der Waals surface area contributed by atoms with E-state index in [1.807, 2.05) is 4.90 Å². The highest BCUT2D eigenvalue weighted by molar-refractivity contribution is 7.99. The Hall–Kier alpha value is -0.610. The van der Waals surface area contributed by atoms with Gasteiger partial charge in [0.15, 0.2) is 0 Å². The van der Waals surface area contributed by atoms with Gasteiger partial charge in [-0.25, -0.2) is 13.1 Å². The Labute approximate surface area is 138 Å². The number of thioether (sulfide) groups is 1. The van der Waals surface area contributed by atoms with Crippen molar-refractivity contribution in [2.24, 2.45) is 5.92 Å². The number of nitrogens with one attached hydrogen (secondary N) is 2. The zero-order chi connectivity index (χ0) is 15.6. The van der Waals surface area contributed by atoms with Gasteiger partial charge in [-0.15, -0.1) is 23.1 Å². The first-order valence-corrected chi connectivity index (χ1v) is 10.7. The minimum absolute atomic E-state index is 0.147. The van der Waals surface area contributed by atoms with Crippen LogP contribution >= 0.6 is 23.1 Å². The largest absolute Gasteiger partial charge is 0.331 e. The van der Waals surface area contributed by atoms with Crippen LogP contribution < -0.4 is 10.0 Å². The maximum Gasteiger partial charge on any atom is 0.250 e. The van der Waals surface area contributed by atoms with E-state index in [0.717, 1.165) is 18.2 Å². The first-order valence-electron chi connectivity index (χ1n) is 7.19. The van der Waals surface area contributed by atoms with Crippen LogP contribution in [-0.2, 0) is 14.8 Å². The van der Waals surface area contributed by atoms with Gasteiger partial charge in [-0.2, -0.15) is 0 Å². The van der Waals surface area contributed by atoms with Gasteiger partial charge >= 0.3 is 0 Å². The molecule has 9 heteroatoms. The van der Waals surface area contributed by atoms with Crippen LogP contribution in [0.15, 0.2) is 21.7 Å². The maximum atomic E-state index is 12.3. The van der Waals surface area contributed by atoms with E-state index >= 15 is 0 Å². The van der Waals surface area contributed by atoms with Gasteiger partial charge in [-0.1, -0.05) is 6.07 Å². The number of hydrogen-bond acceptors (Lipinski definition) is 6. The third-order valence-electron chi connectivity index (χ3n) is 3.91. The summed E-state index contributed by atoms with van der Waals surface area (Å²) in [5, 5.41) is 4.97. The first-order chi connectivity index (χ1) is 10.6. The van der Waals surface area contributed by atoms with Gasteiger partial charge in [0.05, 0.1) is 11.9 Å². The lowest BCUT2D eigenvalue weighted by Gasteiger charge is -2.19. The molecule has 22 heavy (non-hydrogen) atoms. The van der Waals surface area contributed by atoms with Crippen LogP contribution in [0.4, 0.5) is 0 Å². The summed E-state index contributed by atoms with van der Waals surface area (Å²) >= 11 is 2.97. The Bertz CT molecular complexity index is 612. The Morgan fingerprint density at radius 2 is 2.36 bits per heavy atom. The molecule has 0 saturated carbocycles. The van der Waals surface area contributed by atoms with Gasteiger partial charge in [0.2, 0.25) is 15.9 Å². The number of carbonyl (C=O) groups is 1. The van der Waals surface area contributed by atoms with Crippen molar-refractivity contribution in [1.82, 2.24) is 14.9 Å². The van der Waals surface area contributed by atoms with E-state index in [0.29, 0.717) is 23.7 Å². The summed E-state index contributed by atoms with van der Waals surface area (Å²) in [5.74, 6) is 2.07. The molecule has 2 N–H and O–H groups in total. The summed E-state index contributed by atoms with van der Waals surface area (Å²) in [5.41, 5.74) is 0. The fourth-order valence-corrected chi connectivity index (χ4v) is 5.78. The summed E-state index contributed by atoms with van der Waals surface area (Å²) in [7, 11) is -3.42. The average molecular weight is 362 g/mol. The smallest absolute Gasteiger partial charge is 0.250 e. The predicted molar refractivity (Wildman–Crippen MR) is 88.4 cm³/mol. The molecule has 2 fully saturated rings. The molecule has 2 aliphatic rings. The molecule has 0 aliphatic carbocycles. The highest BCUT2D eigenvalue weighted by Gasteiger charge is 2.33. The van der Waals surface area contributed by atoms with Crippen LogP contribution in [0.25, 0.3) is 0 Å². The molecule has 0 aromatic carbocycles. The summed E-state index contributed by atoms with van der Waals surface area (Å²) in [6, 6.07) is 3.14. The Morgan fingerprint density at radius 3 is 3.05 bits per heavy atom. The number of sulfonamides is 1. The van der Waals surface area contributed by atoms with E-state index < -0.39 is 10.0 Å². The highest BCUT2D eigenvalue weighted by Crippen LogP contribution is 2.21. The molecule has 6 nitrogen and oxygen atoms in total. The molecule has 1 aromatic heterocycles. The molecule has 0 spiro atoms. The molecule has 0 unspecified atom stereocenters. The molecule has 0 bridgehead atoms. The van der Waals surface area contributed by atoms with E-state index in [9.17, 15) is 13.2 Å². The van der Waals surface area contributed by atoms with Gasteiger partial charge in [0.1, 0.15) is 4.21 Å². The van der Waals surface area contributed by atoms with Crippen LogP contribution in [0.3, 0.4) is 0 Å². The zero-order valence-corrected chi connectivity index (χ0v) is 14.5. The van der Waals surface area contributed by atoms with Crippen LogP contribution in [0, 0.1) is 5.92 Å². The second kappa shape index (κ2) is 6.88. The molecule has 3 rings (SSSR count). The molecule has 2 saturated heterocycles. The van der Waals surface area contributed by atoms with E-state index in [1.54, 1.807) is 29.3 Å². The fraction of sp³-hybridized carbons (Fsp3) is 0.615. The van der Waals surface area contributed by atoms with E-state index in [1.165, 1.54) is 11.3 Å². The zero-order valence-electron chi connectivity index (χ0n) is 12.0. The third-order valence-corrected chi connectivity index (χ3v) is 7.69. The second-order valence-electron chi connectivity index (χ2n) is 5.49.